The van der Waals surface area contributed by atoms with Crippen molar-refractivity contribution in [3.63, 3.8) is 0 Å². The maximum absolute atomic E-state index is 12.0. The van der Waals surface area contributed by atoms with Gasteiger partial charge in [0.25, 0.3) is 0 Å². The maximum Gasteiger partial charge on any atom is 0.236 e. The molecule has 3 nitrogen and oxygen atoms in total. The number of piperidine rings is 1. The van der Waals surface area contributed by atoms with E-state index in [1.807, 2.05) is 11.0 Å². The van der Waals surface area contributed by atoms with Crippen LogP contribution in [0.15, 0.2) is 15.9 Å². The smallest absolute Gasteiger partial charge is 0.236 e. The third-order valence-corrected chi connectivity index (χ3v) is 5.36. The Kier molecular flexibility index (Phi) is 5.21. The molecule has 0 aromatic carbocycles. The molecule has 2 rings (SSSR count). The van der Waals surface area contributed by atoms with Gasteiger partial charge in [-0.2, -0.15) is 0 Å². The second-order valence-corrected chi connectivity index (χ2v) is 6.48. The molecule has 0 bridgehead atoms. The van der Waals surface area contributed by atoms with Gasteiger partial charge in [-0.3, -0.25) is 4.79 Å². The largest absolute Gasteiger partial charge is 0.342 e. The van der Waals surface area contributed by atoms with E-state index in [0.29, 0.717) is 6.54 Å². The predicted molar refractivity (Wildman–Crippen MR) is 78.9 cm³/mol. The molecule has 1 aliphatic heterocycles. The number of carbonyl (C=O) groups excluding carboxylic acids is 1. The average Bonchev–Trinajstić information content (AvgIpc) is 2.83. The number of hydrogen-bond donors (Lipinski definition) is 1. The van der Waals surface area contributed by atoms with Crippen LogP contribution in [0.5, 0.6) is 0 Å². The van der Waals surface area contributed by atoms with Crippen molar-refractivity contribution in [2.75, 3.05) is 19.6 Å². The Hall–Kier alpha value is -0.390. The minimum absolute atomic E-state index is 0.216. The van der Waals surface area contributed by atoms with Gasteiger partial charge < -0.3 is 10.2 Å². The molecule has 1 atom stereocenters. The van der Waals surface area contributed by atoms with Crippen molar-refractivity contribution >= 4 is 33.2 Å². The quantitative estimate of drug-likeness (QED) is 0.919. The number of thiophene rings is 1. The first-order valence-corrected chi connectivity index (χ1v) is 8.10. The summed E-state index contributed by atoms with van der Waals surface area (Å²) in [7, 11) is 0. The number of amides is 1. The van der Waals surface area contributed by atoms with Crippen molar-refractivity contribution in [1.29, 1.82) is 0 Å². The lowest BCUT2D eigenvalue weighted by atomic mass is 10.1. The second kappa shape index (κ2) is 6.68. The highest BCUT2D eigenvalue weighted by Crippen LogP contribution is 2.28. The van der Waals surface area contributed by atoms with Crippen LogP contribution in [0.1, 0.15) is 37.1 Å². The molecule has 0 saturated carbocycles. The van der Waals surface area contributed by atoms with Gasteiger partial charge in [-0.25, -0.2) is 0 Å². The van der Waals surface area contributed by atoms with Gasteiger partial charge >= 0.3 is 0 Å². The van der Waals surface area contributed by atoms with Crippen LogP contribution in [0.4, 0.5) is 0 Å². The van der Waals surface area contributed by atoms with E-state index >= 15 is 0 Å². The zero-order valence-corrected chi connectivity index (χ0v) is 13.0. The number of halogens is 1. The van der Waals surface area contributed by atoms with Gasteiger partial charge in [0, 0.05) is 28.5 Å². The topological polar surface area (TPSA) is 32.3 Å². The van der Waals surface area contributed by atoms with Crippen LogP contribution in [-0.2, 0) is 4.79 Å². The Bertz CT molecular complexity index is 401. The summed E-state index contributed by atoms with van der Waals surface area (Å²) in [6, 6.07) is 2.26. The molecule has 0 spiro atoms. The van der Waals surface area contributed by atoms with Gasteiger partial charge in [0.05, 0.1) is 6.54 Å². The number of nitrogens with zero attached hydrogens (tertiary/aromatic N) is 1. The minimum atomic E-state index is 0.216. The molecule has 1 saturated heterocycles. The lowest BCUT2D eigenvalue weighted by molar-refractivity contribution is -0.131. The fraction of sp³-hybridized carbons (Fsp3) is 0.615. The Balaban J connectivity index is 1.80. The number of carbonyl (C=O) groups is 1. The van der Waals surface area contributed by atoms with E-state index in [0.717, 1.165) is 30.4 Å². The monoisotopic (exact) mass is 330 g/mol. The van der Waals surface area contributed by atoms with Crippen LogP contribution < -0.4 is 5.32 Å². The van der Waals surface area contributed by atoms with Gasteiger partial charge in [0.15, 0.2) is 0 Å². The number of hydrogen-bond acceptors (Lipinski definition) is 3. The Morgan fingerprint density at radius 2 is 2.22 bits per heavy atom. The molecule has 2 heterocycles. The number of nitrogens with one attached hydrogen (secondary N) is 1. The predicted octanol–water partition coefficient (Wildman–Crippen LogP) is 3.17. The highest BCUT2D eigenvalue weighted by atomic mass is 79.9. The number of likely N-dealkylation sites (tertiary alicyclic amines) is 1. The van der Waals surface area contributed by atoms with Gasteiger partial charge in [0.2, 0.25) is 5.91 Å². The first-order valence-electron chi connectivity index (χ1n) is 6.42. The fourth-order valence-electron chi connectivity index (χ4n) is 2.20. The highest BCUT2D eigenvalue weighted by molar-refractivity contribution is 9.10. The van der Waals surface area contributed by atoms with Crippen LogP contribution in [0.3, 0.4) is 0 Å². The lowest BCUT2D eigenvalue weighted by Gasteiger charge is -2.27. The Morgan fingerprint density at radius 3 is 2.83 bits per heavy atom. The Morgan fingerprint density at radius 1 is 1.50 bits per heavy atom. The lowest BCUT2D eigenvalue weighted by Crippen LogP contribution is -2.41. The molecule has 0 radical (unpaired) electrons. The molecule has 100 valence electrons. The molecule has 1 unspecified atom stereocenters. The van der Waals surface area contributed by atoms with E-state index in [1.165, 1.54) is 11.3 Å². The van der Waals surface area contributed by atoms with Crippen LogP contribution in [0.25, 0.3) is 0 Å². The Labute approximate surface area is 121 Å². The van der Waals surface area contributed by atoms with E-state index in [-0.39, 0.29) is 11.9 Å². The summed E-state index contributed by atoms with van der Waals surface area (Å²) >= 11 is 5.24. The summed E-state index contributed by atoms with van der Waals surface area (Å²) in [4.78, 5) is 15.2. The van der Waals surface area contributed by atoms with E-state index in [9.17, 15) is 4.79 Å². The third-order valence-electron chi connectivity index (χ3n) is 3.31. The number of rotatable bonds is 4. The van der Waals surface area contributed by atoms with Gasteiger partial charge in [-0.1, -0.05) is 0 Å². The molecule has 0 aliphatic carbocycles. The minimum Gasteiger partial charge on any atom is -0.342 e. The first kappa shape index (κ1) is 14.0. The van der Waals surface area contributed by atoms with Gasteiger partial charge in [0.1, 0.15) is 0 Å². The van der Waals surface area contributed by atoms with Crippen molar-refractivity contribution < 1.29 is 4.79 Å². The van der Waals surface area contributed by atoms with E-state index in [1.54, 1.807) is 11.3 Å². The van der Waals surface area contributed by atoms with Crippen LogP contribution in [0.2, 0.25) is 0 Å². The maximum atomic E-state index is 12.0. The summed E-state index contributed by atoms with van der Waals surface area (Å²) < 4.78 is 1.12. The van der Waals surface area contributed by atoms with Gasteiger partial charge in [-0.05, 0) is 53.6 Å². The molecule has 1 amide bonds. The van der Waals surface area contributed by atoms with Crippen molar-refractivity contribution in [3.8, 4) is 0 Å². The molecule has 1 N–H and O–H groups in total. The summed E-state index contributed by atoms with van der Waals surface area (Å²) in [5.41, 5.74) is 0. The second-order valence-electron chi connectivity index (χ2n) is 4.68. The summed E-state index contributed by atoms with van der Waals surface area (Å²) in [5.74, 6) is 0.231. The summed E-state index contributed by atoms with van der Waals surface area (Å²) in [6.07, 6.45) is 3.56. The van der Waals surface area contributed by atoms with E-state index < -0.39 is 0 Å². The van der Waals surface area contributed by atoms with Crippen molar-refractivity contribution in [1.82, 2.24) is 10.2 Å². The van der Waals surface area contributed by atoms with Crippen LogP contribution in [0, 0.1) is 0 Å². The van der Waals surface area contributed by atoms with Crippen LogP contribution >= 0.6 is 27.3 Å². The molecule has 1 aromatic heterocycles. The van der Waals surface area contributed by atoms with Gasteiger partial charge in [-0.15, -0.1) is 11.3 Å². The third kappa shape index (κ3) is 3.56. The molecule has 5 heteroatoms. The summed E-state index contributed by atoms with van der Waals surface area (Å²) in [6.45, 7) is 4.39. The highest BCUT2D eigenvalue weighted by Gasteiger charge is 2.17. The standard InChI is InChI=1S/C13H19BrN2OS/c1-10(13-11(14)5-8-18-13)15-9-12(17)16-6-3-2-4-7-16/h5,8,10,15H,2-4,6-7,9H2,1H3. The molecular weight excluding hydrogens is 312 g/mol. The molecule has 1 aromatic rings. The van der Waals surface area contributed by atoms with Crippen molar-refractivity contribution in [2.24, 2.45) is 0 Å². The zero-order valence-electron chi connectivity index (χ0n) is 10.6. The van der Waals surface area contributed by atoms with Crippen LogP contribution in [-0.4, -0.2) is 30.4 Å². The zero-order chi connectivity index (χ0) is 13.0. The SMILES string of the molecule is CC(NCC(=O)N1CCCCC1)c1sccc1Br. The normalized spacial score (nSPS) is 17.8. The fourth-order valence-corrected chi connectivity index (χ4v) is 3.95. The van der Waals surface area contributed by atoms with E-state index in [2.05, 4.69) is 33.6 Å². The summed E-state index contributed by atoms with van der Waals surface area (Å²) in [5, 5.41) is 5.37. The average molecular weight is 331 g/mol. The van der Waals surface area contributed by atoms with Crippen molar-refractivity contribution in [3.05, 3.63) is 20.8 Å². The molecule has 1 aliphatic rings. The molecule has 18 heavy (non-hydrogen) atoms. The molecular formula is C13H19BrN2OS. The van der Waals surface area contributed by atoms with E-state index in [4.69, 9.17) is 0 Å². The molecule has 1 fully saturated rings. The first-order chi connectivity index (χ1) is 8.68. The van der Waals surface area contributed by atoms with Crippen molar-refractivity contribution in [2.45, 2.75) is 32.2 Å².